The summed E-state index contributed by atoms with van der Waals surface area (Å²) in [5.41, 5.74) is 4.41. The number of piperidine rings is 1. The Morgan fingerprint density at radius 3 is 2.39 bits per heavy atom. The van der Waals surface area contributed by atoms with E-state index in [1.807, 2.05) is 9.58 Å². The van der Waals surface area contributed by atoms with E-state index in [1.165, 1.54) is 12.0 Å². The Balaban J connectivity index is 0.00000225. The van der Waals surface area contributed by atoms with E-state index in [-0.39, 0.29) is 24.2 Å². The molecule has 1 spiro atoms. The van der Waals surface area contributed by atoms with Crippen molar-refractivity contribution in [2.45, 2.75) is 46.0 Å². The van der Waals surface area contributed by atoms with E-state index in [1.54, 1.807) is 6.20 Å². The van der Waals surface area contributed by atoms with E-state index >= 15 is 0 Å². The van der Waals surface area contributed by atoms with Crippen LogP contribution in [-0.2, 0) is 0 Å². The van der Waals surface area contributed by atoms with Crippen LogP contribution >= 0.6 is 12.4 Å². The first kappa shape index (κ1) is 20.9. The molecule has 1 amide bonds. The average Bonchev–Trinajstić information content (AvgIpc) is 3.30. The van der Waals surface area contributed by atoms with E-state index in [9.17, 15) is 4.79 Å². The van der Waals surface area contributed by atoms with Crippen molar-refractivity contribution in [3.63, 3.8) is 0 Å². The molecule has 0 radical (unpaired) electrons. The van der Waals surface area contributed by atoms with E-state index in [4.69, 9.17) is 0 Å². The predicted molar refractivity (Wildman–Crippen MR) is 115 cm³/mol. The third-order valence-corrected chi connectivity index (χ3v) is 6.31. The lowest BCUT2D eigenvalue weighted by Crippen LogP contribution is -2.44. The van der Waals surface area contributed by atoms with Crippen molar-refractivity contribution in [2.24, 2.45) is 5.41 Å². The molecular weight excluding hydrogens is 372 g/mol. The molecule has 1 aromatic carbocycles. The molecule has 3 heterocycles. The van der Waals surface area contributed by atoms with Crippen LogP contribution in [0.25, 0.3) is 5.69 Å². The number of carbonyl (C=O) groups is 1. The second-order valence-electron chi connectivity index (χ2n) is 8.56. The summed E-state index contributed by atoms with van der Waals surface area (Å²) in [4.78, 5) is 15.3. The molecule has 152 valence electrons. The number of nitrogens with zero attached hydrogens (tertiary/aromatic N) is 3. The van der Waals surface area contributed by atoms with Crippen molar-refractivity contribution in [1.82, 2.24) is 20.0 Å². The monoisotopic (exact) mass is 402 g/mol. The molecule has 0 saturated carbocycles. The Morgan fingerprint density at radius 1 is 1.14 bits per heavy atom. The fraction of sp³-hybridized carbons (Fsp3) is 0.545. The summed E-state index contributed by atoms with van der Waals surface area (Å²) in [5.74, 6) is 0.362. The van der Waals surface area contributed by atoms with Gasteiger partial charge in [0.1, 0.15) is 0 Å². The number of aryl methyl sites for hydroxylation is 1. The first-order chi connectivity index (χ1) is 13.0. The number of likely N-dealkylation sites (tertiary alicyclic amines) is 1. The number of hydrogen-bond acceptors (Lipinski definition) is 3. The molecular formula is C22H31ClN4O. The number of aromatic nitrogens is 2. The fourth-order valence-corrected chi connectivity index (χ4v) is 4.55. The summed E-state index contributed by atoms with van der Waals surface area (Å²) in [6.45, 7) is 10.3. The van der Waals surface area contributed by atoms with Gasteiger partial charge in [0.2, 0.25) is 0 Å². The van der Waals surface area contributed by atoms with Gasteiger partial charge in [0.05, 0.1) is 23.1 Å². The summed E-state index contributed by atoms with van der Waals surface area (Å²) >= 11 is 0. The molecule has 2 fully saturated rings. The summed E-state index contributed by atoms with van der Waals surface area (Å²) in [5, 5.41) is 8.07. The molecule has 28 heavy (non-hydrogen) atoms. The average molecular weight is 403 g/mol. The molecule has 0 unspecified atom stereocenters. The van der Waals surface area contributed by atoms with Gasteiger partial charge in [-0.05, 0) is 56.2 Å². The van der Waals surface area contributed by atoms with Crippen LogP contribution in [0.2, 0.25) is 0 Å². The SMILES string of the molecule is Cc1ccc(-n2ncc(C(=O)N3CCC4(CCNC4)CC3)c2C(C)C)cc1.Cl. The highest BCUT2D eigenvalue weighted by Crippen LogP contribution is 2.37. The molecule has 2 saturated heterocycles. The standard InChI is InChI=1S/C22H30N4O.ClH/c1-16(2)20-19(14-24-26(20)18-6-4-17(3)5-7-18)21(27)25-12-9-22(10-13-25)8-11-23-15-22;/h4-7,14,16,23H,8-13,15H2,1-3H3;1H. The molecule has 1 aromatic heterocycles. The molecule has 5 nitrogen and oxygen atoms in total. The van der Waals surface area contributed by atoms with E-state index in [0.717, 1.165) is 56.0 Å². The van der Waals surface area contributed by atoms with Gasteiger partial charge in [0.15, 0.2) is 0 Å². The topological polar surface area (TPSA) is 50.2 Å². The van der Waals surface area contributed by atoms with Crippen LogP contribution in [0.1, 0.15) is 60.6 Å². The largest absolute Gasteiger partial charge is 0.338 e. The van der Waals surface area contributed by atoms with Gasteiger partial charge < -0.3 is 10.2 Å². The van der Waals surface area contributed by atoms with Gasteiger partial charge in [0, 0.05) is 19.6 Å². The first-order valence-electron chi connectivity index (χ1n) is 10.1. The van der Waals surface area contributed by atoms with Crippen LogP contribution < -0.4 is 5.32 Å². The van der Waals surface area contributed by atoms with Gasteiger partial charge in [-0.15, -0.1) is 12.4 Å². The van der Waals surface area contributed by atoms with Crippen LogP contribution in [0.5, 0.6) is 0 Å². The lowest BCUT2D eigenvalue weighted by molar-refractivity contribution is 0.0606. The molecule has 0 atom stereocenters. The highest BCUT2D eigenvalue weighted by Gasteiger charge is 2.38. The lowest BCUT2D eigenvalue weighted by atomic mass is 9.77. The van der Waals surface area contributed by atoms with Crippen molar-refractivity contribution in [3.8, 4) is 5.69 Å². The Kier molecular flexibility index (Phi) is 6.15. The Morgan fingerprint density at radius 2 is 1.82 bits per heavy atom. The van der Waals surface area contributed by atoms with E-state index in [2.05, 4.69) is 55.5 Å². The van der Waals surface area contributed by atoms with E-state index < -0.39 is 0 Å². The molecule has 2 aliphatic heterocycles. The number of halogens is 1. The van der Waals surface area contributed by atoms with E-state index in [0.29, 0.717) is 5.41 Å². The number of benzene rings is 1. The van der Waals surface area contributed by atoms with Crippen molar-refractivity contribution in [1.29, 1.82) is 0 Å². The van der Waals surface area contributed by atoms with Crippen molar-refractivity contribution in [2.75, 3.05) is 26.2 Å². The maximum atomic E-state index is 13.3. The highest BCUT2D eigenvalue weighted by atomic mass is 35.5. The van der Waals surface area contributed by atoms with Gasteiger partial charge in [-0.2, -0.15) is 5.10 Å². The molecule has 2 aliphatic rings. The van der Waals surface area contributed by atoms with Gasteiger partial charge in [-0.25, -0.2) is 4.68 Å². The summed E-state index contributed by atoms with van der Waals surface area (Å²) < 4.78 is 1.93. The minimum atomic E-state index is 0. The van der Waals surface area contributed by atoms with Crippen molar-refractivity contribution in [3.05, 3.63) is 47.3 Å². The smallest absolute Gasteiger partial charge is 0.257 e. The summed E-state index contributed by atoms with van der Waals surface area (Å²) in [6, 6.07) is 8.31. The van der Waals surface area contributed by atoms with Crippen LogP contribution in [0.15, 0.2) is 30.5 Å². The number of rotatable bonds is 3. The summed E-state index contributed by atoms with van der Waals surface area (Å²) in [7, 11) is 0. The Hall–Kier alpha value is -1.85. The van der Waals surface area contributed by atoms with Gasteiger partial charge in [0.25, 0.3) is 5.91 Å². The zero-order valence-corrected chi connectivity index (χ0v) is 17.9. The number of carbonyl (C=O) groups excluding carboxylic acids is 1. The quantitative estimate of drug-likeness (QED) is 0.845. The maximum Gasteiger partial charge on any atom is 0.257 e. The van der Waals surface area contributed by atoms with Crippen LogP contribution in [0.4, 0.5) is 0 Å². The molecule has 6 heteroatoms. The molecule has 4 rings (SSSR count). The second-order valence-corrected chi connectivity index (χ2v) is 8.56. The summed E-state index contributed by atoms with van der Waals surface area (Å²) in [6.07, 6.45) is 5.22. The fourth-order valence-electron chi connectivity index (χ4n) is 4.55. The van der Waals surface area contributed by atoms with Gasteiger partial charge in [-0.3, -0.25) is 4.79 Å². The number of amides is 1. The lowest BCUT2D eigenvalue weighted by Gasteiger charge is -2.39. The molecule has 2 aromatic rings. The number of hydrogen-bond donors (Lipinski definition) is 1. The minimum Gasteiger partial charge on any atom is -0.338 e. The van der Waals surface area contributed by atoms with Gasteiger partial charge >= 0.3 is 0 Å². The van der Waals surface area contributed by atoms with Crippen molar-refractivity contribution >= 4 is 18.3 Å². The highest BCUT2D eigenvalue weighted by molar-refractivity contribution is 5.95. The first-order valence-corrected chi connectivity index (χ1v) is 10.1. The molecule has 0 bridgehead atoms. The van der Waals surface area contributed by atoms with Gasteiger partial charge in [-0.1, -0.05) is 31.5 Å². The second kappa shape index (κ2) is 8.26. The normalized spacial score (nSPS) is 18.5. The third kappa shape index (κ3) is 3.83. The third-order valence-electron chi connectivity index (χ3n) is 6.31. The zero-order chi connectivity index (χ0) is 19.0. The predicted octanol–water partition coefficient (Wildman–Crippen LogP) is 3.94. The molecule has 0 aliphatic carbocycles. The van der Waals surface area contributed by atoms with Crippen LogP contribution in [0, 0.1) is 12.3 Å². The Bertz CT molecular complexity index is 812. The van der Waals surface area contributed by atoms with Crippen molar-refractivity contribution < 1.29 is 4.79 Å². The van der Waals surface area contributed by atoms with Crippen LogP contribution in [0.3, 0.4) is 0 Å². The molecule has 1 N–H and O–H groups in total. The number of nitrogens with one attached hydrogen (secondary N) is 1. The maximum absolute atomic E-state index is 13.3. The van der Waals surface area contributed by atoms with Crippen LogP contribution in [-0.4, -0.2) is 46.8 Å². The zero-order valence-electron chi connectivity index (χ0n) is 17.1. The minimum absolute atomic E-state index is 0. The Labute approximate surface area is 173 Å².